The minimum Gasteiger partial charge on any atom is -0.383 e. The lowest BCUT2D eigenvalue weighted by Gasteiger charge is -2.31. The van der Waals surface area contributed by atoms with Crippen molar-refractivity contribution in [2.75, 3.05) is 40.4 Å². The summed E-state index contributed by atoms with van der Waals surface area (Å²) in [4.78, 5) is 2.43. The van der Waals surface area contributed by atoms with Crippen LogP contribution in [0.2, 0.25) is 0 Å². The van der Waals surface area contributed by atoms with E-state index in [1.807, 2.05) is 0 Å². The first-order valence-corrected chi connectivity index (χ1v) is 7.25. The standard InChI is InChI=1S/C16H26N2O/c1-18-10-6-7-14(12-18)11-17-16(13-19-2)15-8-4-3-5-9-15/h3-5,8-9,14,16-17H,6-7,10-13H2,1-2H3. The van der Waals surface area contributed by atoms with Crippen LogP contribution in [0.1, 0.15) is 24.4 Å². The van der Waals surface area contributed by atoms with Crippen molar-refractivity contribution in [1.29, 1.82) is 0 Å². The summed E-state index contributed by atoms with van der Waals surface area (Å²) in [6.45, 7) is 4.26. The molecule has 106 valence electrons. The first-order chi connectivity index (χ1) is 9.29. The van der Waals surface area contributed by atoms with E-state index in [0.29, 0.717) is 6.04 Å². The van der Waals surface area contributed by atoms with Crippen molar-refractivity contribution in [2.24, 2.45) is 5.92 Å². The van der Waals surface area contributed by atoms with E-state index in [-0.39, 0.29) is 0 Å². The van der Waals surface area contributed by atoms with Crippen LogP contribution in [0.3, 0.4) is 0 Å². The largest absolute Gasteiger partial charge is 0.383 e. The number of piperidine rings is 1. The van der Waals surface area contributed by atoms with Gasteiger partial charge < -0.3 is 15.0 Å². The summed E-state index contributed by atoms with van der Waals surface area (Å²) in [6.07, 6.45) is 2.66. The van der Waals surface area contributed by atoms with E-state index >= 15 is 0 Å². The summed E-state index contributed by atoms with van der Waals surface area (Å²) in [7, 11) is 3.99. The summed E-state index contributed by atoms with van der Waals surface area (Å²) >= 11 is 0. The van der Waals surface area contributed by atoms with Crippen molar-refractivity contribution >= 4 is 0 Å². The Morgan fingerprint density at radius 1 is 1.37 bits per heavy atom. The molecule has 0 bridgehead atoms. The van der Waals surface area contributed by atoms with Crippen molar-refractivity contribution < 1.29 is 4.74 Å². The third-order valence-electron chi connectivity index (χ3n) is 3.91. The highest BCUT2D eigenvalue weighted by atomic mass is 16.5. The Hall–Kier alpha value is -0.900. The number of hydrogen-bond acceptors (Lipinski definition) is 3. The second-order valence-electron chi connectivity index (χ2n) is 5.60. The topological polar surface area (TPSA) is 24.5 Å². The first kappa shape index (κ1) is 14.5. The van der Waals surface area contributed by atoms with E-state index in [9.17, 15) is 0 Å². The molecule has 1 fully saturated rings. The molecule has 1 aromatic carbocycles. The van der Waals surface area contributed by atoms with E-state index in [2.05, 4.69) is 47.6 Å². The van der Waals surface area contributed by atoms with Crippen molar-refractivity contribution in [3.63, 3.8) is 0 Å². The molecule has 1 aliphatic rings. The van der Waals surface area contributed by atoms with Gasteiger partial charge in [-0.3, -0.25) is 0 Å². The van der Waals surface area contributed by atoms with Crippen LogP contribution in [-0.2, 0) is 4.74 Å². The molecule has 1 heterocycles. The van der Waals surface area contributed by atoms with Crippen LogP contribution in [0, 0.1) is 5.92 Å². The van der Waals surface area contributed by atoms with Gasteiger partial charge in [-0.1, -0.05) is 30.3 Å². The maximum Gasteiger partial charge on any atom is 0.0657 e. The van der Waals surface area contributed by atoms with E-state index in [1.54, 1.807) is 7.11 Å². The highest BCUT2D eigenvalue weighted by Crippen LogP contribution is 2.17. The number of nitrogens with one attached hydrogen (secondary N) is 1. The lowest BCUT2D eigenvalue weighted by Crippen LogP contribution is -2.39. The number of rotatable bonds is 6. The summed E-state index contributed by atoms with van der Waals surface area (Å²) < 4.78 is 5.35. The summed E-state index contributed by atoms with van der Waals surface area (Å²) in [6, 6.07) is 10.9. The molecule has 2 unspecified atom stereocenters. The molecule has 1 aromatic rings. The van der Waals surface area contributed by atoms with Gasteiger partial charge in [0.1, 0.15) is 0 Å². The van der Waals surface area contributed by atoms with Gasteiger partial charge in [0, 0.05) is 13.7 Å². The molecule has 1 saturated heterocycles. The van der Waals surface area contributed by atoms with Gasteiger partial charge >= 0.3 is 0 Å². The molecule has 2 rings (SSSR count). The Labute approximate surface area is 116 Å². The molecule has 1 N–H and O–H groups in total. The molecule has 0 aromatic heterocycles. The van der Waals surface area contributed by atoms with Crippen molar-refractivity contribution in [2.45, 2.75) is 18.9 Å². The number of nitrogens with zero attached hydrogens (tertiary/aromatic N) is 1. The van der Waals surface area contributed by atoms with Gasteiger partial charge in [0.2, 0.25) is 0 Å². The number of hydrogen-bond donors (Lipinski definition) is 1. The average molecular weight is 262 g/mol. The Morgan fingerprint density at radius 2 is 2.16 bits per heavy atom. The fourth-order valence-electron chi connectivity index (χ4n) is 2.87. The fraction of sp³-hybridized carbons (Fsp3) is 0.625. The van der Waals surface area contributed by atoms with Crippen LogP contribution in [-0.4, -0.2) is 45.3 Å². The van der Waals surface area contributed by atoms with E-state index in [0.717, 1.165) is 19.1 Å². The molecule has 0 radical (unpaired) electrons. The van der Waals surface area contributed by atoms with Gasteiger partial charge in [0.15, 0.2) is 0 Å². The van der Waals surface area contributed by atoms with E-state index in [1.165, 1.54) is 31.5 Å². The van der Waals surface area contributed by atoms with Crippen molar-refractivity contribution in [3.8, 4) is 0 Å². The Balaban J connectivity index is 1.86. The minimum atomic E-state index is 0.304. The molecule has 19 heavy (non-hydrogen) atoms. The Kier molecular flexibility index (Phi) is 5.83. The summed E-state index contributed by atoms with van der Waals surface area (Å²) in [5.41, 5.74) is 1.31. The van der Waals surface area contributed by atoms with Gasteiger partial charge in [0.25, 0.3) is 0 Å². The predicted octanol–water partition coefficient (Wildman–Crippen LogP) is 2.31. The van der Waals surface area contributed by atoms with Gasteiger partial charge in [-0.2, -0.15) is 0 Å². The molecule has 3 heteroatoms. The molecule has 2 atom stereocenters. The number of ether oxygens (including phenoxy) is 1. The van der Waals surface area contributed by atoms with Crippen molar-refractivity contribution in [1.82, 2.24) is 10.2 Å². The highest BCUT2D eigenvalue weighted by molar-refractivity contribution is 5.18. The van der Waals surface area contributed by atoms with Crippen LogP contribution in [0.15, 0.2) is 30.3 Å². The molecule has 3 nitrogen and oxygen atoms in total. The van der Waals surface area contributed by atoms with E-state index < -0.39 is 0 Å². The normalized spacial score (nSPS) is 22.3. The first-order valence-electron chi connectivity index (χ1n) is 7.25. The molecule has 0 saturated carbocycles. The van der Waals surface area contributed by atoms with E-state index in [4.69, 9.17) is 4.74 Å². The molecule has 1 aliphatic heterocycles. The molecule has 0 spiro atoms. The summed E-state index contributed by atoms with van der Waals surface area (Å²) in [5, 5.41) is 3.68. The zero-order valence-corrected chi connectivity index (χ0v) is 12.1. The third-order valence-corrected chi connectivity index (χ3v) is 3.91. The van der Waals surface area contributed by atoms with Gasteiger partial charge in [-0.25, -0.2) is 0 Å². The van der Waals surface area contributed by atoms with Crippen LogP contribution in [0.5, 0.6) is 0 Å². The average Bonchev–Trinajstić information content (AvgIpc) is 2.44. The predicted molar refractivity (Wildman–Crippen MR) is 79.3 cm³/mol. The second-order valence-corrected chi connectivity index (χ2v) is 5.60. The number of benzene rings is 1. The maximum atomic E-state index is 5.35. The number of methoxy groups -OCH3 is 1. The minimum absolute atomic E-state index is 0.304. The maximum absolute atomic E-state index is 5.35. The second kappa shape index (κ2) is 7.63. The third kappa shape index (κ3) is 4.60. The van der Waals surface area contributed by atoms with Gasteiger partial charge in [-0.15, -0.1) is 0 Å². The van der Waals surface area contributed by atoms with Crippen LogP contribution < -0.4 is 5.32 Å². The zero-order valence-electron chi connectivity index (χ0n) is 12.1. The van der Waals surface area contributed by atoms with Crippen LogP contribution in [0.4, 0.5) is 0 Å². The Bertz CT molecular complexity index is 355. The lowest BCUT2D eigenvalue weighted by atomic mass is 9.97. The molecule has 0 amide bonds. The molecule has 0 aliphatic carbocycles. The monoisotopic (exact) mass is 262 g/mol. The quantitative estimate of drug-likeness (QED) is 0.851. The zero-order chi connectivity index (χ0) is 13.5. The molecular formula is C16H26N2O. The highest BCUT2D eigenvalue weighted by Gasteiger charge is 2.19. The lowest BCUT2D eigenvalue weighted by molar-refractivity contribution is 0.155. The van der Waals surface area contributed by atoms with Crippen molar-refractivity contribution in [3.05, 3.63) is 35.9 Å². The smallest absolute Gasteiger partial charge is 0.0657 e. The van der Waals surface area contributed by atoms with Crippen LogP contribution in [0.25, 0.3) is 0 Å². The Morgan fingerprint density at radius 3 is 2.84 bits per heavy atom. The number of likely N-dealkylation sites (tertiary alicyclic amines) is 1. The van der Waals surface area contributed by atoms with Crippen LogP contribution >= 0.6 is 0 Å². The molecular weight excluding hydrogens is 236 g/mol. The SMILES string of the molecule is COCC(NCC1CCCN(C)C1)c1ccccc1. The fourth-order valence-corrected chi connectivity index (χ4v) is 2.87. The van der Waals surface area contributed by atoms with Gasteiger partial charge in [-0.05, 0) is 44.5 Å². The van der Waals surface area contributed by atoms with Gasteiger partial charge in [0.05, 0.1) is 12.6 Å². The summed E-state index contributed by atoms with van der Waals surface area (Å²) in [5.74, 6) is 0.766.